The van der Waals surface area contributed by atoms with Gasteiger partial charge in [-0.1, -0.05) is 12.1 Å². The molecule has 2 heterocycles. The van der Waals surface area contributed by atoms with Gasteiger partial charge in [0.2, 0.25) is 0 Å². The summed E-state index contributed by atoms with van der Waals surface area (Å²) in [6.45, 7) is 1.41. The summed E-state index contributed by atoms with van der Waals surface area (Å²) in [6.07, 6.45) is 0. The van der Waals surface area contributed by atoms with Gasteiger partial charge in [-0.25, -0.2) is 9.78 Å². The van der Waals surface area contributed by atoms with Crippen LogP contribution in [-0.2, 0) is 11.8 Å². The highest BCUT2D eigenvalue weighted by atomic mass is 16.5. The van der Waals surface area contributed by atoms with Crippen LogP contribution in [0.1, 0.15) is 5.69 Å². The standard InChI is InChI=1S/C20H18N4O4/c1-11-18(20-21-14-5-3-4-6-15(14)24(20)2)19(23-22-11)13-8-7-12(9-16(13)25)28-10-17(26)27/h3-9,25H,10H2,1-2H3,(H,22,23)(H,26,27). The largest absolute Gasteiger partial charge is 0.507 e. The maximum absolute atomic E-state index is 10.6. The lowest BCUT2D eigenvalue weighted by atomic mass is 10.0. The Kier molecular flexibility index (Phi) is 4.23. The first-order valence-electron chi connectivity index (χ1n) is 8.60. The van der Waals surface area contributed by atoms with Crippen LogP contribution in [0.2, 0.25) is 0 Å². The van der Waals surface area contributed by atoms with Gasteiger partial charge in [-0.3, -0.25) is 5.10 Å². The third-order valence-corrected chi connectivity index (χ3v) is 4.54. The zero-order valence-corrected chi connectivity index (χ0v) is 15.3. The van der Waals surface area contributed by atoms with Crippen molar-refractivity contribution < 1.29 is 19.7 Å². The van der Waals surface area contributed by atoms with Crippen molar-refractivity contribution in [2.75, 3.05) is 6.61 Å². The molecule has 0 spiro atoms. The smallest absolute Gasteiger partial charge is 0.341 e. The average Bonchev–Trinajstić information content (AvgIpc) is 3.20. The Balaban J connectivity index is 1.81. The summed E-state index contributed by atoms with van der Waals surface area (Å²) >= 11 is 0. The Morgan fingerprint density at radius 2 is 2.04 bits per heavy atom. The number of rotatable bonds is 5. The average molecular weight is 378 g/mol. The molecular formula is C20H18N4O4. The number of carboxylic acid groups (broad SMARTS) is 1. The van der Waals surface area contributed by atoms with Crippen LogP contribution in [0.25, 0.3) is 33.7 Å². The highest BCUT2D eigenvalue weighted by Gasteiger charge is 2.22. The van der Waals surface area contributed by atoms with Gasteiger partial charge in [-0.2, -0.15) is 5.10 Å². The topological polar surface area (TPSA) is 113 Å². The lowest BCUT2D eigenvalue weighted by molar-refractivity contribution is -0.139. The van der Waals surface area contributed by atoms with Gasteiger partial charge < -0.3 is 19.5 Å². The molecule has 8 nitrogen and oxygen atoms in total. The second-order valence-corrected chi connectivity index (χ2v) is 6.42. The number of ether oxygens (including phenoxy) is 1. The molecule has 0 radical (unpaired) electrons. The van der Waals surface area contributed by atoms with E-state index in [0.717, 1.165) is 28.1 Å². The first-order valence-corrected chi connectivity index (χ1v) is 8.60. The van der Waals surface area contributed by atoms with E-state index < -0.39 is 12.6 Å². The Bertz CT molecular complexity index is 1190. The molecule has 28 heavy (non-hydrogen) atoms. The Morgan fingerprint density at radius 1 is 1.25 bits per heavy atom. The SMILES string of the molecule is Cc1[nH]nc(-c2ccc(OCC(=O)O)cc2O)c1-c1nc2ccccc2n1C. The van der Waals surface area contributed by atoms with Gasteiger partial charge >= 0.3 is 5.97 Å². The van der Waals surface area contributed by atoms with E-state index in [1.165, 1.54) is 6.07 Å². The fraction of sp³-hybridized carbons (Fsp3) is 0.150. The van der Waals surface area contributed by atoms with Crippen LogP contribution < -0.4 is 4.74 Å². The minimum atomic E-state index is -1.09. The van der Waals surface area contributed by atoms with Crippen LogP contribution in [0.4, 0.5) is 0 Å². The monoisotopic (exact) mass is 378 g/mol. The van der Waals surface area contributed by atoms with E-state index in [1.807, 2.05) is 42.8 Å². The summed E-state index contributed by atoms with van der Waals surface area (Å²) in [6, 6.07) is 12.4. The second-order valence-electron chi connectivity index (χ2n) is 6.42. The first-order chi connectivity index (χ1) is 13.5. The number of hydrogen-bond donors (Lipinski definition) is 3. The Hall–Kier alpha value is -3.81. The number of carbonyl (C=O) groups is 1. The van der Waals surface area contributed by atoms with Crippen LogP contribution in [0.3, 0.4) is 0 Å². The van der Waals surface area contributed by atoms with Gasteiger partial charge in [-0.15, -0.1) is 0 Å². The first kappa shape index (κ1) is 17.6. The van der Waals surface area contributed by atoms with Gasteiger partial charge in [0.1, 0.15) is 23.0 Å². The molecule has 0 aliphatic carbocycles. The number of benzene rings is 2. The molecule has 142 valence electrons. The molecule has 8 heteroatoms. The van der Waals surface area contributed by atoms with E-state index in [4.69, 9.17) is 14.8 Å². The number of aromatic hydroxyl groups is 1. The lowest BCUT2D eigenvalue weighted by Crippen LogP contribution is -2.09. The number of phenolic OH excluding ortho intramolecular Hbond substituents is 1. The molecule has 0 atom stereocenters. The van der Waals surface area contributed by atoms with Crippen molar-refractivity contribution in [3.05, 3.63) is 48.2 Å². The summed E-state index contributed by atoms with van der Waals surface area (Å²) < 4.78 is 7.10. The van der Waals surface area contributed by atoms with Crippen molar-refractivity contribution in [3.63, 3.8) is 0 Å². The number of aliphatic carboxylic acids is 1. The van der Waals surface area contributed by atoms with Crippen molar-refractivity contribution in [3.8, 4) is 34.1 Å². The van der Waals surface area contributed by atoms with Crippen LogP contribution in [0.15, 0.2) is 42.5 Å². The molecule has 0 fully saturated rings. The third kappa shape index (κ3) is 2.94. The molecule has 0 unspecified atom stereocenters. The highest BCUT2D eigenvalue weighted by Crippen LogP contribution is 2.39. The molecule has 2 aromatic heterocycles. The molecular weight excluding hydrogens is 360 g/mol. The number of aromatic amines is 1. The minimum Gasteiger partial charge on any atom is -0.507 e. The fourth-order valence-corrected chi connectivity index (χ4v) is 3.21. The van der Waals surface area contributed by atoms with E-state index in [0.29, 0.717) is 11.3 Å². The predicted molar refractivity (Wildman–Crippen MR) is 103 cm³/mol. The zero-order valence-electron chi connectivity index (χ0n) is 15.3. The summed E-state index contributed by atoms with van der Waals surface area (Å²) in [5, 5.41) is 26.5. The number of para-hydroxylation sites is 2. The number of hydrogen-bond acceptors (Lipinski definition) is 5. The molecule has 4 aromatic rings. The highest BCUT2D eigenvalue weighted by molar-refractivity contribution is 5.87. The number of imidazole rings is 1. The Morgan fingerprint density at radius 3 is 2.75 bits per heavy atom. The van der Waals surface area contributed by atoms with Crippen LogP contribution >= 0.6 is 0 Å². The number of carboxylic acids is 1. The van der Waals surface area contributed by atoms with Gasteiger partial charge in [0.25, 0.3) is 0 Å². The van der Waals surface area contributed by atoms with E-state index in [2.05, 4.69) is 10.2 Å². The van der Waals surface area contributed by atoms with E-state index >= 15 is 0 Å². The van der Waals surface area contributed by atoms with Gasteiger partial charge in [0, 0.05) is 24.4 Å². The predicted octanol–water partition coefficient (Wildman–Crippen LogP) is 3.11. The minimum absolute atomic E-state index is 0.0607. The van der Waals surface area contributed by atoms with Crippen molar-refractivity contribution in [2.24, 2.45) is 7.05 Å². The molecule has 3 N–H and O–H groups in total. The summed E-state index contributed by atoms with van der Waals surface area (Å²) in [7, 11) is 1.93. The van der Waals surface area contributed by atoms with Crippen LogP contribution in [0, 0.1) is 6.92 Å². The zero-order chi connectivity index (χ0) is 19.8. The number of phenols is 1. The normalized spacial score (nSPS) is 11.1. The third-order valence-electron chi connectivity index (χ3n) is 4.54. The molecule has 0 amide bonds. The maximum atomic E-state index is 10.6. The molecule has 0 saturated heterocycles. The number of fused-ring (bicyclic) bond motifs is 1. The number of aromatic nitrogens is 4. The maximum Gasteiger partial charge on any atom is 0.341 e. The molecule has 0 aliphatic rings. The van der Waals surface area contributed by atoms with Gasteiger partial charge in [-0.05, 0) is 31.2 Å². The molecule has 0 aliphatic heterocycles. The Labute approximate surface area is 160 Å². The van der Waals surface area contributed by atoms with Crippen molar-refractivity contribution in [1.82, 2.24) is 19.7 Å². The lowest BCUT2D eigenvalue weighted by Gasteiger charge is -2.09. The van der Waals surface area contributed by atoms with Crippen LogP contribution in [0.5, 0.6) is 11.5 Å². The van der Waals surface area contributed by atoms with Crippen molar-refractivity contribution in [2.45, 2.75) is 6.92 Å². The fourth-order valence-electron chi connectivity index (χ4n) is 3.21. The van der Waals surface area contributed by atoms with Crippen molar-refractivity contribution in [1.29, 1.82) is 0 Å². The van der Waals surface area contributed by atoms with Gasteiger partial charge in [0.15, 0.2) is 6.61 Å². The number of H-pyrrole nitrogens is 1. The number of nitrogens with one attached hydrogen (secondary N) is 1. The van der Waals surface area contributed by atoms with Gasteiger partial charge in [0.05, 0.1) is 16.6 Å². The second kappa shape index (κ2) is 6.73. The van der Waals surface area contributed by atoms with E-state index in [1.54, 1.807) is 12.1 Å². The van der Waals surface area contributed by atoms with Crippen molar-refractivity contribution >= 4 is 17.0 Å². The molecule has 2 aromatic carbocycles. The molecule has 4 rings (SSSR count). The number of aryl methyl sites for hydroxylation is 2. The quantitative estimate of drug-likeness (QED) is 0.492. The molecule has 0 bridgehead atoms. The summed E-state index contributed by atoms with van der Waals surface area (Å²) in [5.74, 6) is -0.154. The number of nitrogens with zero attached hydrogens (tertiary/aromatic N) is 3. The van der Waals surface area contributed by atoms with Crippen LogP contribution in [-0.4, -0.2) is 42.5 Å². The summed E-state index contributed by atoms with van der Waals surface area (Å²) in [5.41, 5.74) is 4.51. The van der Waals surface area contributed by atoms with E-state index in [-0.39, 0.29) is 11.5 Å². The summed E-state index contributed by atoms with van der Waals surface area (Å²) in [4.78, 5) is 15.4. The van der Waals surface area contributed by atoms with E-state index in [9.17, 15) is 9.90 Å². The molecule has 0 saturated carbocycles.